The van der Waals surface area contributed by atoms with E-state index < -0.39 is 67.3 Å². The van der Waals surface area contributed by atoms with Gasteiger partial charge in [-0.1, -0.05) is 219 Å². The van der Waals surface area contributed by atoms with Gasteiger partial charge < -0.3 is 39.0 Å². The summed E-state index contributed by atoms with van der Waals surface area (Å²) in [4.78, 5) is 51.2. The van der Waals surface area contributed by atoms with E-state index in [0.717, 1.165) is 116 Å². The molecule has 1 heterocycles. The van der Waals surface area contributed by atoms with Crippen molar-refractivity contribution in [2.75, 3.05) is 13.2 Å². The SMILES string of the molecule is CC/C=C\C/C=C\C/C=C\C/C=C\C/C=C\C/C=C\CCC(=O)OC1C(OCC(COC(=O)CCCCCCCCC/C=C\C/C=C\CCCCC)OC(=O)CCCCCCC/C=C\C/C=C\CCCCC)OC(C(=O)O)C(O)C1O. The first-order valence-corrected chi connectivity index (χ1v) is 31.5. The molecule has 458 valence electrons. The summed E-state index contributed by atoms with van der Waals surface area (Å²) in [5.41, 5.74) is 0. The molecule has 0 aromatic rings. The van der Waals surface area contributed by atoms with Crippen molar-refractivity contribution in [1.82, 2.24) is 0 Å². The first kappa shape index (κ1) is 74.1. The van der Waals surface area contributed by atoms with Crippen LogP contribution in [0, 0.1) is 0 Å². The Labute approximate surface area is 490 Å². The fraction of sp³-hybridized carbons (Fsp3) is 0.652. The Kier molecular flexibility index (Phi) is 50.9. The molecular weight excluding hydrogens is 1020 g/mol. The lowest BCUT2D eigenvalue weighted by Gasteiger charge is -2.40. The standard InChI is InChI=1S/C69H110O12/c1-4-7-10-13-16-19-22-25-28-30-31-33-36-39-42-45-48-51-54-57-63(72)80-67-65(74)64(73)66(68(75)76)81-69(67)78-59-60(79-62(71)56-53-50-47-44-41-38-34-27-24-21-18-15-12-9-6-3)58-77-61(70)55-52-49-46-43-40-37-35-32-29-26-23-20-17-14-11-8-5-2/h7,10,16-21,25-29,31,33-34,39,42,48,51,60,64-67,69,73-74H,4-6,8-9,11-15,22-24,30,32,35-38,40-41,43-47,49-50,52-59H2,1-3H3,(H,75,76)/b10-7-,19-16-,20-17-,21-18-,28-25-,29-26-,33-31-,34-27-,42-39-,51-48-. The number of allylic oxidation sites excluding steroid dienone is 20. The van der Waals surface area contributed by atoms with E-state index in [1.807, 2.05) is 18.2 Å². The summed E-state index contributed by atoms with van der Waals surface area (Å²) in [6.07, 6.45) is 64.5. The van der Waals surface area contributed by atoms with Gasteiger partial charge in [0.25, 0.3) is 0 Å². The van der Waals surface area contributed by atoms with Crippen LogP contribution in [-0.2, 0) is 42.9 Å². The average Bonchev–Trinajstić information content (AvgIpc) is 3.54. The van der Waals surface area contributed by atoms with Gasteiger partial charge in [-0.3, -0.25) is 14.4 Å². The highest BCUT2D eigenvalue weighted by atomic mass is 16.7. The second kappa shape index (κ2) is 55.6. The average molecular weight is 1130 g/mol. The maximum absolute atomic E-state index is 13.2. The number of carbonyl (C=O) groups excluding carboxylic acids is 3. The maximum Gasteiger partial charge on any atom is 0.335 e. The molecule has 0 amide bonds. The summed E-state index contributed by atoms with van der Waals surface area (Å²) in [5.74, 6) is -3.27. The van der Waals surface area contributed by atoms with Crippen LogP contribution in [0.1, 0.15) is 239 Å². The minimum Gasteiger partial charge on any atom is -0.479 e. The first-order valence-electron chi connectivity index (χ1n) is 31.5. The molecule has 0 aromatic carbocycles. The van der Waals surface area contributed by atoms with Crippen LogP contribution in [0.15, 0.2) is 122 Å². The third-order valence-corrected chi connectivity index (χ3v) is 13.5. The van der Waals surface area contributed by atoms with E-state index in [1.165, 1.54) is 57.8 Å². The Morgan fingerprint density at radius 2 is 0.802 bits per heavy atom. The summed E-state index contributed by atoms with van der Waals surface area (Å²) < 4.78 is 28.4. The van der Waals surface area contributed by atoms with Crippen LogP contribution < -0.4 is 0 Å². The lowest BCUT2D eigenvalue weighted by atomic mass is 9.98. The smallest absolute Gasteiger partial charge is 0.335 e. The number of carboxylic acids is 1. The van der Waals surface area contributed by atoms with Crippen molar-refractivity contribution in [3.63, 3.8) is 0 Å². The predicted molar refractivity (Wildman–Crippen MR) is 330 cm³/mol. The van der Waals surface area contributed by atoms with Crippen molar-refractivity contribution in [3.05, 3.63) is 122 Å². The number of rotatable bonds is 52. The summed E-state index contributed by atoms with van der Waals surface area (Å²) in [6.45, 7) is 5.78. The minimum absolute atomic E-state index is 0.0729. The van der Waals surface area contributed by atoms with Gasteiger partial charge in [0.2, 0.25) is 0 Å². The number of hydrogen-bond donors (Lipinski definition) is 3. The Bertz CT molecular complexity index is 1870. The van der Waals surface area contributed by atoms with Gasteiger partial charge >= 0.3 is 23.9 Å². The molecule has 1 aliphatic rings. The van der Waals surface area contributed by atoms with Gasteiger partial charge in [0.15, 0.2) is 24.6 Å². The molecule has 1 aliphatic heterocycles. The maximum atomic E-state index is 13.2. The fourth-order valence-corrected chi connectivity index (χ4v) is 8.69. The zero-order valence-electron chi connectivity index (χ0n) is 50.5. The monoisotopic (exact) mass is 1130 g/mol. The third kappa shape index (κ3) is 45.3. The van der Waals surface area contributed by atoms with E-state index in [4.69, 9.17) is 23.7 Å². The molecule has 12 nitrogen and oxygen atoms in total. The molecule has 0 aliphatic carbocycles. The Hall–Kier alpha value is -4.88. The van der Waals surface area contributed by atoms with E-state index in [9.17, 15) is 34.5 Å². The highest BCUT2D eigenvalue weighted by molar-refractivity contribution is 5.74. The van der Waals surface area contributed by atoms with E-state index in [2.05, 4.69) is 124 Å². The van der Waals surface area contributed by atoms with E-state index >= 15 is 0 Å². The van der Waals surface area contributed by atoms with E-state index in [1.54, 1.807) is 0 Å². The van der Waals surface area contributed by atoms with Crippen molar-refractivity contribution >= 4 is 23.9 Å². The molecule has 6 atom stereocenters. The molecule has 6 unspecified atom stereocenters. The van der Waals surface area contributed by atoms with Crippen molar-refractivity contribution < 1.29 is 58.2 Å². The molecule has 0 spiro atoms. The molecule has 0 radical (unpaired) electrons. The Balaban J connectivity index is 2.74. The predicted octanol–water partition coefficient (Wildman–Crippen LogP) is 16.8. The van der Waals surface area contributed by atoms with Crippen molar-refractivity contribution in [1.29, 1.82) is 0 Å². The molecule has 0 saturated carbocycles. The highest BCUT2D eigenvalue weighted by Gasteiger charge is 2.50. The van der Waals surface area contributed by atoms with Crippen LogP contribution in [-0.4, -0.2) is 89.2 Å². The lowest BCUT2D eigenvalue weighted by Crippen LogP contribution is -2.61. The zero-order chi connectivity index (χ0) is 58.9. The van der Waals surface area contributed by atoms with Gasteiger partial charge in [0.05, 0.1) is 6.61 Å². The molecule has 12 heteroatoms. The number of unbranched alkanes of at least 4 members (excludes halogenated alkanes) is 18. The summed E-state index contributed by atoms with van der Waals surface area (Å²) in [7, 11) is 0. The Morgan fingerprint density at radius 1 is 0.420 bits per heavy atom. The second-order valence-electron chi connectivity index (χ2n) is 20.9. The van der Waals surface area contributed by atoms with E-state index in [-0.39, 0.29) is 25.9 Å². The highest BCUT2D eigenvalue weighted by Crippen LogP contribution is 2.26. The van der Waals surface area contributed by atoms with Gasteiger partial charge in [0.1, 0.15) is 18.8 Å². The van der Waals surface area contributed by atoms with Crippen LogP contribution in [0.25, 0.3) is 0 Å². The largest absolute Gasteiger partial charge is 0.479 e. The molecule has 0 bridgehead atoms. The quantitative estimate of drug-likeness (QED) is 0.0228. The summed E-state index contributed by atoms with van der Waals surface area (Å²) in [5, 5.41) is 31.5. The van der Waals surface area contributed by atoms with Gasteiger partial charge in [-0.25, -0.2) is 4.79 Å². The van der Waals surface area contributed by atoms with Crippen molar-refractivity contribution in [2.24, 2.45) is 0 Å². The molecule has 1 rings (SSSR count). The van der Waals surface area contributed by atoms with Crippen LogP contribution in [0.4, 0.5) is 0 Å². The summed E-state index contributed by atoms with van der Waals surface area (Å²) >= 11 is 0. The molecule has 1 saturated heterocycles. The normalized spacial score (nSPS) is 18.6. The molecule has 81 heavy (non-hydrogen) atoms. The van der Waals surface area contributed by atoms with Crippen molar-refractivity contribution in [2.45, 2.75) is 276 Å². The third-order valence-electron chi connectivity index (χ3n) is 13.5. The minimum atomic E-state index is -1.94. The van der Waals surface area contributed by atoms with Crippen LogP contribution in [0.2, 0.25) is 0 Å². The second-order valence-corrected chi connectivity index (χ2v) is 20.9. The number of aliphatic carboxylic acids is 1. The molecule has 3 N–H and O–H groups in total. The number of carboxylic acid groups (broad SMARTS) is 1. The number of aliphatic hydroxyl groups is 2. The molecule has 1 fully saturated rings. The van der Waals surface area contributed by atoms with Crippen LogP contribution in [0.3, 0.4) is 0 Å². The first-order chi connectivity index (χ1) is 39.6. The zero-order valence-corrected chi connectivity index (χ0v) is 50.5. The number of carbonyl (C=O) groups is 4. The number of hydrogen-bond acceptors (Lipinski definition) is 11. The van der Waals surface area contributed by atoms with Gasteiger partial charge in [-0.05, 0) is 122 Å². The number of esters is 3. The topological polar surface area (TPSA) is 175 Å². The van der Waals surface area contributed by atoms with Crippen LogP contribution >= 0.6 is 0 Å². The molecular formula is C69H110O12. The summed E-state index contributed by atoms with van der Waals surface area (Å²) in [6, 6.07) is 0. The van der Waals surface area contributed by atoms with E-state index in [0.29, 0.717) is 25.7 Å². The molecule has 0 aromatic heterocycles. The Morgan fingerprint density at radius 3 is 1.23 bits per heavy atom. The number of ether oxygens (including phenoxy) is 5. The van der Waals surface area contributed by atoms with Gasteiger partial charge in [-0.2, -0.15) is 0 Å². The lowest BCUT2D eigenvalue weighted by molar-refractivity contribution is -0.301. The van der Waals surface area contributed by atoms with Crippen LogP contribution in [0.5, 0.6) is 0 Å². The van der Waals surface area contributed by atoms with Gasteiger partial charge in [-0.15, -0.1) is 0 Å². The van der Waals surface area contributed by atoms with Crippen molar-refractivity contribution in [3.8, 4) is 0 Å². The fourth-order valence-electron chi connectivity index (χ4n) is 8.69. The van der Waals surface area contributed by atoms with Gasteiger partial charge in [0, 0.05) is 19.3 Å². The number of aliphatic hydroxyl groups excluding tert-OH is 2.